The van der Waals surface area contributed by atoms with Crippen LogP contribution in [0.25, 0.3) is 0 Å². The molecule has 0 spiro atoms. The second-order valence-corrected chi connectivity index (χ2v) is 13.3. The van der Waals surface area contributed by atoms with Gasteiger partial charge in [-0.1, -0.05) is 154 Å². The highest BCUT2D eigenvalue weighted by Crippen LogP contribution is 2.49. The summed E-state index contributed by atoms with van der Waals surface area (Å²) in [5.41, 5.74) is 0. The highest BCUT2D eigenvalue weighted by atomic mass is 31.1. The van der Waals surface area contributed by atoms with E-state index in [1.54, 1.807) is 5.31 Å². The van der Waals surface area contributed by atoms with Gasteiger partial charge < -0.3 is 0 Å². The van der Waals surface area contributed by atoms with Crippen molar-refractivity contribution in [2.45, 2.75) is 39.0 Å². The Morgan fingerprint density at radius 3 is 1.40 bits per heavy atom. The van der Waals surface area contributed by atoms with E-state index in [4.69, 9.17) is 0 Å². The van der Waals surface area contributed by atoms with Gasteiger partial charge in [-0.3, -0.25) is 0 Å². The van der Waals surface area contributed by atoms with Crippen molar-refractivity contribution in [3.8, 4) is 0 Å². The molecular weight excluding hydrogens is 458 g/mol. The van der Waals surface area contributed by atoms with Gasteiger partial charge >= 0.3 is 0 Å². The maximum Gasteiger partial charge on any atom is 0.00150 e. The van der Waals surface area contributed by atoms with Crippen LogP contribution in [-0.4, -0.2) is 6.16 Å². The summed E-state index contributed by atoms with van der Waals surface area (Å²) in [6.45, 7) is 2.29. The monoisotopic (exact) mass is 494 g/mol. The highest BCUT2D eigenvalue weighted by molar-refractivity contribution is 7.79. The summed E-state index contributed by atoms with van der Waals surface area (Å²) in [6, 6.07) is 44.7. The minimum absolute atomic E-state index is 0.483. The first-order chi connectivity index (χ1) is 17.4. The van der Waals surface area contributed by atoms with Crippen molar-refractivity contribution < 1.29 is 0 Å². The van der Waals surface area contributed by atoms with Crippen LogP contribution in [0.4, 0.5) is 0 Å². The zero-order chi connectivity index (χ0) is 24.1. The maximum atomic E-state index is 2.61. The van der Waals surface area contributed by atoms with Crippen LogP contribution in [0.5, 0.6) is 0 Å². The first-order valence-corrected chi connectivity index (χ1v) is 15.7. The van der Waals surface area contributed by atoms with E-state index in [0.29, 0.717) is 0 Å². The summed E-state index contributed by atoms with van der Waals surface area (Å²) < 4.78 is 0. The fourth-order valence-electron chi connectivity index (χ4n) is 4.41. The van der Waals surface area contributed by atoms with E-state index in [0.717, 1.165) is 6.16 Å². The lowest BCUT2D eigenvalue weighted by Gasteiger charge is -2.27. The molecule has 0 heterocycles. The van der Waals surface area contributed by atoms with Gasteiger partial charge in [-0.05, 0) is 55.2 Å². The number of unbranched alkanes of at least 4 members (excludes halogenated alkanes) is 4. The van der Waals surface area contributed by atoms with Gasteiger partial charge in [0.05, 0.1) is 0 Å². The highest BCUT2D eigenvalue weighted by Gasteiger charge is 2.23. The molecule has 0 amide bonds. The molecule has 0 saturated heterocycles. The van der Waals surface area contributed by atoms with Gasteiger partial charge in [0.25, 0.3) is 0 Å². The molecule has 0 unspecified atom stereocenters. The van der Waals surface area contributed by atoms with E-state index >= 15 is 0 Å². The van der Waals surface area contributed by atoms with Crippen LogP contribution in [0.3, 0.4) is 0 Å². The standard InChI is InChI=1S/C33H36P2/c1-2-3-4-5-10-27-33(35(31-23-15-8-16-24-31)32-25-17-9-18-26-32)28-34(29-19-11-6-12-20-29)30-21-13-7-14-22-30/h6-9,11-27H,2-5,10,28H2,1H3/b33-27-. The molecule has 0 N–H and O–H groups in total. The van der Waals surface area contributed by atoms with E-state index in [1.807, 2.05) is 0 Å². The fourth-order valence-corrected chi connectivity index (χ4v) is 9.79. The summed E-state index contributed by atoms with van der Waals surface area (Å²) >= 11 is 0. The van der Waals surface area contributed by atoms with Crippen molar-refractivity contribution in [2.24, 2.45) is 0 Å². The largest absolute Gasteiger partial charge is 0.0798 e. The van der Waals surface area contributed by atoms with Crippen LogP contribution >= 0.6 is 15.8 Å². The molecule has 0 aliphatic heterocycles. The minimum Gasteiger partial charge on any atom is -0.0798 e. The second kappa shape index (κ2) is 14.1. The summed E-state index contributed by atoms with van der Waals surface area (Å²) in [7, 11) is -1.06. The Morgan fingerprint density at radius 2 is 0.971 bits per heavy atom. The molecule has 178 valence electrons. The number of hydrogen-bond acceptors (Lipinski definition) is 0. The lowest BCUT2D eigenvalue weighted by molar-refractivity contribution is 0.674. The van der Waals surface area contributed by atoms with Gasteiger partial charge in [-0.2, -0.15) is 0 Å². The van der Waals surface area contributed by atoms with Crippen LogP contribution in [0.2, 0.25) is 0 Å². The van der Waals surface area contributed by atoms with Crippen LogP contribution in [0.1, 0.15) is 39.0 Å². The molecule has 35 heavy (non-hydrogen) atoms. The van der Waals surface area contributed by atoms with Gasteiger partial charge in [-0.15, -0.1) is 0 Å². The molecule has 2 heteroatoms. The lowest BCUT2D eigenvalue weighted by Crippen LogP contribution is -2.19. The Balaban J connectivity index is 1.76. The third-order valence-electron chi connectivity index (χ3n) is 6.21. The number of hydrogen-bond donors (Lipinski definition) is 0. The van der Waals surface area contributed by atoms with Crippen molar-refractivity contribution in [3.63, 3.8) is 0 Å². The summed E-state index contributed by atoms with van der Waals surface area (Å²) in [4.78, 5) is 0. The topological polar surface area (TPSA) is 0 Å². The zero-order valence-corrected chi connectivity index (χ0v) is 22.6. The Morgan fingerprint density at radius 1 is 0.543 bits per heavy atom. The first-order valence-electron chi connectivity index (χ1n) is 12.8. The number of rotatable bonds is 12. The van der Waals surface area contributed by atoms with Crippen molar-refractivity contribution in [1.29, 1.82) is 0 Å². The first kappa shape index (κ1) is 25.6. The van der Waals surface area contributed by atoms with Crippen molar-refractivity contribution in [2.75, 3.05) is 6.16 Å². The molecular formula is C33H36P2. The molecule has 0 atom stereocenters. The quantitative estimate of drug-likeness (QED) is 0.138. The normalized spacial score (nSPS) is 11.8. The molecule has 0 aliphatic rings. The zero-order valence-electron chi connectivity index (χ0n) is 20.8. The van der Waals surface area contributed by atoms with Gasteiger partial charge in [0.2, 0.25) is 0 Å². The van der Waals surface area contributed by atoms with E-state index in [1.165, 1.54) is 53.3 Å². The van der Waals surface area contributed by atoms with E-state index < -0.39 is 15.8 Å². The summed E-state index contributed by atoms with van der Waals surface area (Å²) in [5.74, 6) is 0. The SMILES string of the molecule is CCCCCC/C=C(/CP(c1ccccc1)c1ccccc1)P(c1ccccc1)c1ccccc1. The summed E-state index contributed by atoms with van der Waals surface area (Å²) in [5, 5.41) is 7.44. The lowest BCUT2D eigenvalue weighted by atomic mass is 10.1. The van der Waals surface area contributed by atoms with E-state index in [9.17, 15) is 0 Å². The predicted molar refractivity (Wildman–Crippen MR) is 160 cm³/mol. The molecule has 0 saturated carbocycles. The fraction of sp³-hybridized carbons (Fsp3) is 0.212. The third-order valence-corrected chi connectivity index (χ3v) is 11.5. The van der Waals surface area contributed by atoms with Gasteiger partial charge in [-0.25, -0.2) is 0 Å². The average molecular weight is 495 g/mol. The molecule has 4 rings (SSSR count). The van der Waals surface area contributed by atoms with E-state index in [-0.39, 0.29) is 0 Å². The molecule has 0 bridgehead atoms. The molecule has 0 nitrogen and oxygen atoms in total. The van der Waals surface area contributed by atoms with Crippen molar-refractivity contribution in [3.05, 3.63) is 133 Å². The minimum atomic E-state index is -0.575. The van der Waals surface area contributed by atoms with Crippen LogP contribution in [0, 0.1) is 0 Å². The van der Waals surface area contributed by atoms with E-state index in [2.05, 4.69) is 134 Å². The van der Waals surface area contributed by atoms with Crippen LogP contribution < -0.4 is 21.2 Å². The number of benzene rings is 4. The average Bonchev–Trinajstić information content (AvgIpc) is 2.93. The maximum absolute atomic E-state index is 2.61. The molecule has 0 aromatic heterocycles. The van der Waals surface area contributed by atoms with Crippen molar-refractivity contribution >= 4 is 37.1 Å². The van der Waals surface area contributed by atoms with Gasteiger partial charge in [0, 0.05) is 6.16 Å². The molecule has 0 fully saturated rings. The summed E-state index contributed by atoms with van der Waals surface area (Å²) in [6.07, 6.45) is 10.1. The Hall–Kier alpha value is -2.52. The smallest absolute Gasteiger partial charge is 0.00150 e. The Labute approximate surface area is 214 Å². The van der Waals surface area contributed by atoms with Crippen LogP contribution in [-0.2, 0) is 0 Å². The second-order valence-electron chi connectivity index (χ2n) is 8.81. The predicted octanol–water partition coefficient (Wildman–Crippen LogP) is 8.11. The van der Waals surface area contributed by atoms with Gasteiger partial charge in [0.15, 0.2) is 0 Å². The Kier molecular flexibility index (Phi) is 10.3. The van der Waals surface area contributed by atoms with Crippen LogP contribution in [0.15, 0.2) is 133 Å². The molecule has 0 aliphatic carbocycles. The van der Waals surface area contributed by atoms with Crippen molar-refractivity contribution in [1.82, 2.24) is 0 Å². The Bertz CT molecular complexity index is 1060. The van der Waals surface area contributed by atoms with Gasteiger partial charge in [0.1, 0.15) is 0 Å². The number of allylic oxidation sites excluding steroid dienone is 2. The third kappa shape index (κ3) is 7.48. The molecule has 4 aromatic carbocycles. The molecule has 4 aromatic rings. The molecule has 0 radical (unpaired) electrons.